The van der Waals surface area contributed by atoms with Crippen molar-refractivity contribution in [2.24, 2.45) is 0 Å². The van der Waals surface area contributed by atoms with Crippen LogP contribution >= 0.6 is 11.6 Å². The highest BCUT2D eigenvalue weighted by atomic mass is 35.5. The summed E-state index contributed by atoms with van der Waals surface area (Å²) in [5, 5.41) is 7.97. The lowest BCUT2D eigenvalue weighted by Gasteiger charge is -2.13. The number of benzene rings is 2. The Balaban J connectivity index is 1.93. The Bertz CT molecular complexity index is 1080. The molecular formula is C20H17ClF3N3O2. The van der Waals surface area contributed by atoms with Crippen molar-refractivity contribution in [2.45, 2.75) is 12.6 Å². The lowest BCUT2D eigenvalue weighted by molar-refractivity contribution is -0.137. The van der Waals surface area contributed by atoms with E-state index in [2.05, 4.69) is 10.4 Å². The van der Waals surface area contributed by atoms with Crippen LogP contribution in [0.4, 0.5) is 19.0 Å². The number of methoxy groups -OCH3 is 2. The second-order valence-corrected chi connectivity index (χ2v) is 6.88. The lowest BCUT2D eigenvalue weighted by atomic mass is 10.1. The van der Waals surface area contributed by atoms with Crippen molar-refractivity contribution in [2.75, 3.05) is 26.1 Å². The van der Waals surface area contributed by atoms with E-state index in [9.17, 15) is 13.2 Å². The minimum atomic E-state index is -4.48. The van der Waals surface area contributed by atoms with Crippen LogP contribution in [-0.4, -0.2) is 30.5 Å². The zero-order valence-corrected chi connectivity index (χ0v) is 16.4. The number of hydrogen-bond donors (Lipinski definition) is 1. The van der Waals surface area contributed by atoms with Crippen molar-refractivity contribution in [3.05, 3.63) is 52.5 Å². The van der Waals surface area contributed by atoms with Gasteiger partial charge in [0.15, 0.2) is 11.5 Å². The van der Waals surface area contributed by atoms with Crippen molar-refractivity contribution in [1.29, 1.82) is 0 Å². The molecule has 5 nitrogen and oxygen atoms in total. The van der Waals surface area contributed by atoms with Gasteiger partial charge in [0.05, 0.1) is 30.5 Å². The zero-order valence-electron chi connectivity index (χ0n) is 15.6. The highest BCUT2D eigenvalue weighted by Gasteiger charge is 2.32. The molecule has 1 aliphatic rings. The third-order valence-electron chi connectivity index (χ3n) is 4.81. The molecule has 1 aromatic heterocycles. The number of rotatable bonds is 4. The second kappa shape index (κ2) is 7.18. The third-order valence-corrected chi connectivity index (χ3v) is 5.13. The molecule has 29 heavy (non-hydrogen) atoms. The fourth-order valence-electron chi connectivity index (χ4n) is 3.49. The van der Waals surface area contributed by atoms with Gasteiger partial charge in [-0.05, 0) is 36.8 Å². The number of fused-ring (bicyclic) bond motifs is 1. The number of para-hydroxylation sites is 1. The standard InChI is InChI=1S/C20H17ClF3N3O2/c1-28-16-5-3-4-12(18(16)29-2)17-13-8-9-25-19(13)27(26-17)15-10-11(20(22,23)24)6-7-14(15)21/h3-7,10,25H,8-9H2,1-2H3. The number of nitrogens with one attached hydrogen (secondary N) is 1. The molecule has 2 aromatic carbocycles. The molecule has 0 saturated carbocycles. The van der Waals surface area contributed by atoms with E-state index in [1.807, 2.05) is 12.1 Å². The molecule has 0 aliphatic carbocycles. The fraction of sp³-hybridized carbons (Fsp3) is 0.250. The summed E-state index contributed by atoms with van der Waals surface area (Å²) in [6, 6.07) is 8.59. The first-order valence-electron chi connectivity index (χ1n) is 8.79. The Hall–Kier alpha value is -2.87. The van der Waals surface area contributed by atoms with E-state index in [4.69, 9.17) is 21.1 Å². The van der Waals surface area contributed by atoms with Gasteiger partial charge >= 0.3 is 6.18 Å². The van der Waals surface area contributed by atoms with E-state index in [1.165, 1.54) is 25.0 Å². The Kier molecular flexibility index (Phi) is 4.82. The number of alkyl halides is 3. The topological polar surface area (TPSA) is 48.3 Å². The first-order chi connectivity index (χ1) is 13.8. The van der Waals surface area contributed by atoms with Crippen LogP contribution in [0.3, 0.4) is 0 Å². The smallest absolute Gasteiger partial charge is 0.416 e. The van der Waals surface area contributed by atoms with Crippen molar-refractivity contribution in [3.63, 3.8) is 0 Å². The largest absolute Gasteiger partial charge is 0.493 e. The van der Waals surface area contributed by atoms with Crippen molar-refractivity contribution < 1.29 is 22.6 Å². The lowest BCUT2D eigenvalue weighted by Crippen LogP contribution is -2.09. The first-order valence-corrected chi connectivity index (χ1v) is 9.17. The molecule has 0 atom stereocenters. The molecular weight excluding hydrogens is 407 g/mol. The van der Waals surface area contributed by atoms with Gasteiger partial charge in [0, 0.05) is 17.7 Å². The summed E-state index contributed by atoms with van der Waals surface area (Å²) in [5.41, 5.74) is 1.54. The van der Waals surface area contributed by atoms with Crippen molar-refractivity contribution >= 4 is 17.4 Å². The number of nitrogens with zero attached hydrogens (tertiary/aromatic N) is 2. The predicted molar refractivity (Wildman–Crippen MR) is 104 cm³/mol. The highest BCUT2D eigenvalue weighted by Crippen LogP contribution is 2.43. The van der Waals surface area contributed by atoms with Crippen LogP contribution in [0.1, 0.15) is 11.1 Å². The van der Waals surface area contributed by atoms with Crippen LogP contribution in [0.15, 0.2) is 36.4 Å². The molecule has 4 rings (SSSR count). The Morgan fingerprint density at radius 1 is 1.14 bits per heavy atom. The van der Waals surface area contributed by atoms with Gasteiger partial charge < -0.3 is 14.8 Å². The molecule has 0 radical (unpaired) electrons. The average Bonchev–Trinajstić information content (AvgIpc) is 3.29. The minimum Gasteiger partial charge on any atom is -0.493 e. The van der Waals surface area contributed by atoms with E-state index in [-0.39, 0.29) is 10.7 Å². The van der Waals surface area contributed by atoms with Gasteiger partial charge in [0.2, 0.25) is 0 Å². The van der Waals surface area contributed by atoms with Crippen molar-refractivity contribution in [3.8, 4) is 28.4 Å². The number of aromatic nitrogens is 2. The zero-order chi connectivity index (χ0) is 20.8. The summed E-state index contributed by atoms with van der Waals surface area (Å²) in [4.78, 5) is 0. The maximum Gasteiger partial charge on any atom is 0.416 e. The van der Waals surface area contributed by atoms with Gasteiger partial charge in [-0.15, -0.1) is 0 Å². The van der Waals surface area contributed by atoms with Crippen LogP contribution in [-0.2, 0) is 12.6 Å². The molecule has 0 fully saturated rings. The van der Waals surface area contributed by atoms with Crippen LogP contribution in [0, 0.1) is 0 Å². The van der Waals surface area contributed by atoms with Gasteiger partial charge in [0.1, 0.15) is 11.5 Å². The predicted octanol–water partition coefficient (Wildman–Crippen LogP) is 5.20. The number of hydrogen-bond acceptors (Lipinski definition) is 4. The monoisotopic (exact) mass is 423 g/mol. The molecule has 0 spiro atoms. The van der Waals surface area contributed by atoms with E-state index in [1.54, 1.807) is 6.07 Å². The second-order valence-electron chi connectivity index (χ2n) is 6.47. The van der Waals surface area contributed by atoms with Crippen molar-refractivity contribution in [1.82, 2.24) is 9.78 Å². The van der Waals surface area contributed by atoms with E-state index in [0.717, 1.165) is 17.7 Å². The third kappa shape index (κ3) is 3.27. The van der Waals surface area contributed by atoms with Gasteiger partial charge in [0.25, 0.3) is 0 Å². The van der Waals surface area contributed by atoms with Gasteiger partial charge in [-0.25, -0.2) is 4.68 Å². The Morgan fingerprint density at radius 2 is 1.93 bits per heavy atom. The summed E-state index contributed by atoms with van der Waals surface area (Å²) in [7, 11) is 3.06. The fourth-order valence-corrected chi connectivity index (χ4v) is 3.69. The summed E-state index contributed by atoms with van der Waals surface area (Å²) in [5.74, 6) is 1.66. The number of anilines is 1. The van der Waals surface area contributed by atoms with Crippen LogP contribution in [0.2, 0.25) is 5.02 Å². The van der Waals surface area contributed by atoms with Crippen LogP contribution in [0.5, 0.6) is 11.5 Å². The van der Waals surface area contributed by atoms with Crippen LogP contribution < -0.4 is 14.8 Å². The maximum absolute atomic E-state index is 13.2. The molecule has 0 saturated heterocycles. The molecule has 0 unspecified atom stereocenters. The molecule has 2 heterocycles. The Morgan fingerprint density at radius 3 is 2.62 bits per heavy atom. The maximum atomic E-state index is 13.2. The van der Waals surface area contributed by atoms with E-state index >= 15 is 0 Å². The number of ether oxygens (including phenoxy) is 2. The van der Waals surface area contributed by atoms with E-state index in [0.29, 0.717) is 41.5 Å². The molecule has 0 bridgehead atoms. The summed E-state index contributed by atoms with van der Waals surface area (Å²) in [6.07, 6.45) is -3.82. The normalized spacial score (nSPS) is 13.2. The van der Waals surface area contributed by atoms with E-state index < -0.39 is 11.7 Å². The summed E-state index contributed by atoms with van der Waals surface area (Å²) >= 11 is 6.24. The van der Waals surface area contributed by atoms with Gasteiger partial charge in [-0.2, -0.15) is 18.3 Å². The molecule has 3 aromatic rings. The molecule has 1 aliphatic heterocycles. The highest BCUT2D eigenvalue weighted by molar-refractivity contribution is 6.32. The SMILES string of the molecule is COc1cccc(-c2nn(-c3cc(C(F)(F)F)ccc3Cl)c3c2CCN3)c1OC. The number of halogens is 4. The minimum absolute atomic E-state index is 0.153. The van der Waals surface area contributed by atoms with Gasteiger partial charge in [-0.3, -0.25) is 0 Å². The quantitative estimate of drug-likeness (QED) is 0.627. The summed E-state index contributed by atoms with van der Waals surface area (Å²) in [6.45, 7) is 0.642. The van der Waals surface area contributed by atoms with Gasteiger partial charge in [-0.1, -0.05) is 17.7 Å². The molecule has 152 valence electrons. The van der Waals surface area contributed by atoms with Crippen LogP contribution in [0.25, 0.3) is 16.9 Å². The average molecular weight is 424 g/mol. The molecule has 1 N–H and O–H groups in total. The Labute approximate surface area is 170 Å². The molecule has 9 heteroatoms. The summed E-state index contributed by atoms with van der Waals surface area (Å²) < 4.78 is 52.0. The first kappa shape index (κ1) is 19.4. The molecule has 0 amide bonds.